The van der Waals surface area contributed by atoms with E-state index in [-0.39, 0.29) is 16.3 Å². The van der Waals surface area contributed by atoms with Gasteiger partial charge in [-0.3, -0.25) is 4.79 Å². The molecule has 5 nitrogen and oxygen atoms in total. The predicted molar refractivity (Wildman–Crippen MR) is 90.5 cm³/mol. The highest BCUT2D eigenvalue weighted by Gasteiger charge is 2.11. The van der Waals surface area contributed by atoms with Crippen molar-refractivity contribution in [2.45, 2.75) is 11.4 Å². The third-order valence-corrected chi connectivity index (χ3v) is 5.29. The van der Waals surface area contributed by atoms with Crippen molar-refractivity contribution < 1.29 is 8.42 Å². The topological polar surface area (TPSA) is 69.0 Å². The second-order valence-electron chi connectivity index (χ2n) is 5.12. The van der Waals surface area contributed by atoms with Crippen molar-refractivity contribution in [3.63, 3.8) is 0 Å². The van der Waals surface area contributed by atoms with Crippen LogP contribution in [0.4, 0.5) is 0 Å². The van der Waals surface area contributed by atoms with Gasteiger partial charge in [-0.2, -0.15) is 5.10 Å². The van der Waals surface area contributed by atoms with Gasteiger partial charge in [0.2, 0.25) is 0 Å². The highest BCUT2D eigenvalue weighted by atomic mass is 32.2. The van der Waals surface area contributed by atoms with Crippen LogP contribution in [0.3, 0.4) is 0 Å². The van der Waals surface area contributed by atoms with Crippen LogP contribution in [0, 0.1) is 0 Å². The predicted octanol–water partition coefficient (Wildman–Crippen LogP) is 2.42. The van der Waals surface area contributed by atoms with Gasteiger partial charge in [0.1, 0.15) is 5.01 Å². The average molecular weight is 346 g/mol. The van der Waals surface area contributed by atoms with Gasteiger partial charge < -0.3 is 0 Å². The monoisotopic (exact) mass is 346 g/mol. The lowest BCUT2D eigenvalue weighted by molar-refractivity contribution is 0.601. The van der Waals surface area contributed by atoms with Crippen LogP contribution >= 0.6 is 11.3 Å². The van der Waals surface area contributed by atoms with Crippen molar-refractivity contribution in [3.05, 3.63) is 69.8 Å². The van der Waals surface area contributed by atoms with E-state index in [2.05, 4.69) is 5.10 Å². The van der Waals surface area contributed by atoms with E-state index < -0.39 is 9.84 Å². The molecule has 0 aliphatic carbocycles. The quantitative estimate of drug-likeness (QED) is 0.727. The first-order valence-corrected chi connectivity index (χ1v) is 9.57. The Hall–Kier alpha value is -2.25. The molecular weight excluding hydrogens is 332 g/mol. The Balaban J connectivity index is 1.93. The largest absolute Gasteiger partial charge is 0.325 e. The molecule has 0 fully saturated rings. The van der Waals surface area contributed by atoms with Crippen molar-refractivity contribution in [3.8, 4) is 10.6 Å². The first-order valence-electron chi connectivity index (χ1n) is 6.86. The van der Waals surface area contributed by atoms with Crippen LogP contribution in [0.25, 0.3) is 10.6 Å². The molecule has 1 aromatic heterocycles. The van der Waals surface area contributed by atoms with Gasteiger partial charge in [0, 0.05) is 11.8 Å². The summed E-state index contributed by atoms with van der Waals surface area (Å²) in [7, 11) is -3.27. The zero-order chi connectivity index (χ0) is 16.4. The van der Waals surface area contributed by atoms with Crippen LogP contribution in [0.2, 0.25) is 0 Å². The Morgan fingerprint density at radius 1 is 1.09 bits per heavy atom. The molecule has 3 rings (SSSR count). The molecule has 0 unspecified atom stereocenters. The Kier molecular flexibility index (Phi) is 4.14. The van der Waals surface area contributed by atoms with E-state index in [4.69, 9.17) is 0 Å². The maximum Gasteiger partial charge on any atom is 0.325 e. The number of rotatable bonds is 4. The number of sulfone groups is 1. The van der Waals surface area contributed by atoms with E-state index >= 15 is 0 Å². The van der Waals surface area contributed by atoms with Crippen molar-refractivity contribution >= 4 is 21.2 Å². The number of hydrogen-bond acceptors (Lipinski definition) is 5. The van der Waals surface area contributed by atoms with Crippen molar-refractivity contribution in [2.24, 2.45) is 0 Å². The molecule has 1 heterocycles. The van der Waals surface area contributed by atoms with E-state index in [9.17, 15) is 13.2 Å². The second kappa shape index (κ2) is 6.10. The molecule has 3 aromatic rings. The summed E-state index contributed by atoms with van der Waals surface area (Å²) in [5.41, 5.74) is 1.61. The minimum Gasteiger partial charge on any atom is -0.255 e. The summed E-state index contributed by atoms with van der Waals surface area (Å²) in [5, 5.41) is 4.99. The molecule has 0 aliphatic heterocycles. The Labute approximate surface area is 137 Å². The molecule has 0 radical (unpaired) electrons. The number of hydrogen-bond donors (Lipinski definition) is 0. The highest BCUT2D eigenvalue weighted by molar-refractivity contribution is 7.90. The Morgan fingerprint density at radius 3 is 2.52 bits per heavy atom. The van der Waals surface area contributed by atoms with Crippen LogP contribution < -0.4 is 4.87 Å². The summed E-state index contributed by atoms with van der Waals surface area (Å²) in [5.74, 6) is 0. The molecular formula is C16H14N2O3S2. The zero-order valence-corrected chi connectivity index (χ0v) is 14.0. The van der Waals surface area contributed by atoms with Gasteiger partial charge in [-0.1, -0.05) is 53.8 Å². The van der Waals surface area contributed by atoms with Gasteiger partial charge in [0.25, 0.3) is 0 Å². The normalized spacial score (nSPS) is 11.5. The zero-order valence-electron chi connectivity index (χ0n) is 12.3. The molecule has 7 heteroatoms. The molecule has 2 aromatic carbocycles. The van der Waals surface area contributed by atoms with Crippen molar-refractivity contribution in [1.82, 2.24) is 9.78 Å². The van der Waals surface area contributed by atoms with Gasteiger partial charge in [0.05, 0.1) is 11.4 Å². The maximum absolute atomic E-state index is 12.1. The van der Waals surface area contributed by atoms with Gasteiger partial charge in [-0.15, -0.1) is 0 Å². The first-order chi connectivity index (χ1) is 10.9. The Morgan fingerprint density at radius 2 is 1.83 bits per heavy atom. The molecule has 0 spiro atoms. The molecule has 0 amide bonds. The minimum absolute atomic E-state index is 0.173. The maximum atomic E-state index is 12.1. The number of aromatic nitrogens is 2. The lowest BCUT2D eigenvalue weighted by Crippen LogP contribution is -2.15. The van der Waals surface area contributed by atoms with E-state index in [0.717, 1.165) is 28.7 Å². The van der Waals surface area contributed by atoms with Gasteiger partial charge >= 0.3 is 4.87 Å². The molecule has 0 saturated carbocycles. The molecule has 0 bridgehead atoms. The minimum atomic E-state index is -3.27. The van der Waals surface area contributed by atoms with E-state index in [1.54, 1.807) is 18.2 Å². The van der Waals surface area contributed by atoms with Gasteiger partial charge in [-0.25, -0.2) is 13.1 Å². The van der Waals surface area contributed by atoms with Crippen molar-refractivity contribution in [2.75, 3.05) is 6.26 Å². The summed E-state index contributed by atoms with van der Waals surface area (Å²) >= 11 is 1.07. The van der Waals surface area contributed by atoms with E-state index in [1.165, 1.54) is 10.7 Å². The summed E-state index contributed by atoms with van der Waals surface area (Å²) in [6.07, 6.45) is 1.16. The average Bonchev–Trinajstić information content (AvgIpc) is 2.89. The third kappa shape index (κ3) is 3.57. The van der Waals surface area contributed by atoms with E-state index in [1.807, 2.05) is 30.3 Å². The van der Waals surface area contributed by atoms with Crippen LogP contribution in [0.15, 0.2) is 64.3 Å². The Bertz CT molecular complexity index is 989. The number of nitrogens with zero attached hydrogens (tertiary/aromatic N) is 2. The number of benzene rings is 2. The van der Waals surface area contributed by atoms with Crippen molar-refractivity contribution in [1.29, 1.82) is 0 Å². The van der Waals surface area contributed by atoms with Crippen LogP contribution in [0.1, 0.15) is 5.56 Å². The molecule has 118 valence electrons. The fourth-order valence-corrected chi connectivity index (χ4v) is 3.61. The summed E-state index contributed by atoms with van der Waals surface area (Å²) < 4.78 is 24.6. The fourth-order valence-electron chi connectivity index (χ4n) is 2.15. The van der Waals surface area contributed by atoms with Gasteiger partial charge in [0.15, 0.2) is 9.84 Å². The molecule has 0 aliphatic rings. The summed E-state index contributed by atoms with van der Waals surface area (Å²) in [6.45, 7) is 0.242. The smallest absolute Gasteiger partial charge is 0.255 e. The molecule has 23 heavy (non-hydrogen) atoms. The summed E-state index contributed by atoms with van der Waals surface area (Å²) in [4.78, 5) is 12.2. The lowest BCUT2D eigenvalue weighted by Gasteiger charge is -2.03. The fraction of sp³-hybridized carbons (Fsp3) is 0.125. The summed E-state index contributed by atoms with van der Waals surface area (Å²) in [6, 6.07) is 16.0. The van der Waals surface area contributed by atoms with Gasteiger partial charge in [-0.05, 0) is 17.7 Å². The first kappa shape index (κ1) is 15.6. The van der Waals surface area contributed by atoms with Crippen LogP contribution in [0.5, 0.6) is 0 Å². The SMILES string of the molecule is CS(=O)(=O)c1cccc(Cn2nc(-c3ccccc3)sc2=O)c1. The standard InChI is InChI=1S/C16H14N2O3S2/c1-23(20,21)14-9-5-6-12(10-14)11-18-16(19)22-15(17-18)13-7-3-2-4-8-13/h2-10H,11H2,1H3. The van der Waals surface area contributed by atoms with E-state index in [0.29, 0.717) is 5.01 Å². The molecule has 0 saturated heterocycles. The van der Waals surface area contributed by atoms with Crippen LogP contribution in [-0.2, 0) is 16.4 Å². The second-order valence-corrected chi connectivity index (χ2v) is 8.07. The molecule has 0 N–H and O–H groups in total. The lowest BCUT2D eigenvalue weighted by atomic mass is 10.2. The third-order valence-electron chi connectivity index (χ3n) is 3.29. The molecule has 0 atom stereocenters. The highest BCUT2D eigenvalue weighted by Crippen LogP contribution is 2.19. The van der Waals surface area contributed by atoms with Crippen LogP contribution in [-0.4, -0.2) is 24.5 Å².